The summed E-state index contributed by atoms with van der Waals surface area (Å²) in [5.41, 5.74) is 1.91. The van der Waals surface area contributed by atoms with Gasteiger partial charge in [-0.25, -0.2) is 4.98 Å². The molecule has 0 fully saturated rings. The van der Waals surface area contributed by atoms with E-state index >= 15 is 0 Å². The van der Waals surface area contributed by atoms with Crippen molar-refractivity contribution in [2.45, 2.75) is 17.5 Å². The largest absolute Gasteiger partial charge is 0.484 e. The molecular weight excluding hydrogens is 483 g/mol. The predicted molar refractivity (Wildman–Crippen MR) is 124 cm³/mol. The molecule has 0 saturated carbocycles. The quantitative estimate of drug-likeness (QED) is 0.264. The summed E-state index contributed by atoms with van der Waals surface area (Å²) in [5.74, 6) is 1.87. The number of hydrogen-bond acceptors (Lipinski definition) is 6. The Morgan fingerprint density at radius 2 is 1.90 bits per heavy atom. The number of thioether (sulfide) groups is 1. The molecular formula is C20H15Cl3N4OS2. The van der Waals surface area contributed by atoms with E-state index < -0.39 is 0 Å². The van der Waals surface area contributed by atoms with Gasteiger partial charge in [-0.15, -0.1) is 21.5 Å². The van der Waals surface area contributed by atoms with Crippen LogP contribution in [-0.4, -0.2) is 19.7 Å². The molecule has 0 unspecified atom stereocenters. The van der Waals surface area contributed by atoms with Crippen LogP contribution in [0.4, 0.5) is 0 Å². The van der Waals surface area contributed by atoms with Gasteiger partial charge in [-0.3, -0.25) is 0 Å². The van der Waals surface area contributed by atoms with Gasteiger partial charge in [0.25, 0.3) is 0 Å². The number of ether oxygens (including phenoxy) is 1. The van der Waals surface area contributed by atoms with Crippen molar-refractivity contribution in [3.63, 3.8) is 0 Å². The number of rotatable bonds is 7. The summed E-state index contributed by atoms with van der Waals surface area (Å²) in [6, 6.07) is 12.8. The van der Waals surface area contributed by atoms with Gasteiger partial charge < -0.3 is 9.30 Å². The van der Waals surface area contributed by atoms with Gasteiger partial charge in [0, 0.05) is 34.8 Å². The lowest BCUT2D eigenvalue weighted by Gasteiger charge is -2.08. The molecule has 4 aromatic rings. The van der Waals surface area contributed by atoms with Crippen molar-refractivity contribution in [1.82, 2.24) is 19.7 Å². The summed E-state index contributed by atoms with van der Waals surface area (Å²) in [7, 11) is 1.90. The molecule has 10 heteroatoms. The standard InChI is InChI=1S/C20H15Cl3N4OS2/c1-27-18(9-28-17-8-12(21)6-7-16(17)23)25-26-20(27)30-11-13-10-29-19(24-13)14-4-2-3-5-15(14)22/h2-8,10H,9,11H2,1H3. The van der Waals surface area contributed by atoms with Crippen molar-refractivity contribution in [2.24, 2.45) is 7.05 Å². The fourth-order valence-corrected chi connectivity index (χ4v) is 5.00. The van der Waals surface area contributed by atoms with Gasteiger partial charge in [0.1, 0.15) is 17.4 Å². The molecule has 0 aliphatic carbocycles. The molecule has 2 aromatic heterocycles. The Morgan fingerprint density at radius 3 is 2.73 bits per heavy atom. The molecule has 0 bridgehead atoms. The summed E-state index contributed by atoms with van der Waals surface area (Å²) in [5, 5.41) is 13.9. The maximum Gasteiger partial charge on any atom is 0.191 e. The zero-order valence-corrected chi connectivity index (χ0v) is 19.6. The SMILES string of the molecule is Cn1c(COc2cc(Cl)ccc2Cl)nnc1SCc1csc(-c2ccccc2Cl)n1. The monoisotopic (exact) mass is 496 g/mol. The van der Waals surface area contributed by atoms with Gasteiger partial charge in [0.2, 0.25) is 0 Å². The second kappa shape index (κ2) is 9.58. The van der Waals surface area contributed by atoms with E-state index in [-0.39, 0.29) is 6.61 Å². The number of benzene rings is 2. The fraction of sp³-hybridized carbons (Fsp3) is 0.150. The van der Waals surface area contributed by atoms with E-state index in [1.807, 2.05) is 41.3 Å². The van der Waals surface area contributed by atoms with Crippen molar-refractivity contribution in [1.29, 1.82) is 0 Å². The number of nitrogens with zero attached hydrogens (tertiary/aromatic N) is 4. The summed E-state index contributed by atoms with van der Waals surface area (Å²) in [4.78, 5) is 4.69. The van der Waals surface area contributed by atoms with Crippen LogP contribution in [0.15, 0.2) is 53.0 Å². The minimum absolute atomic E-state index is 0.234. The zero-order chi connectivity index (χ0) is 21.1. The molecule has 0 aliphatic rings. The van der Waals surface area contributed by atoms with Crippen LogP contribution >= 0.6 is 57.9 Å². The Hall–Kier alpha value is -1.77. The molecule has 30 heavy (non-hydrogen) atoms. The number of thiazole rings is 1. The van der Waals surface area contributed by atoms with Gasteiger partial charge >= 0.3 is 0 Å². The average molecular weight is 498 g/mol. The molecule has 0 amide bonds. The fourth-order valence-electron chi connectivity index (χ4n) is 2.60. The van der Waals surface area contributed by atoms with E-state index in [9.17, 15) is 0 Å². The van der Waals surface area contributed by atoms with Crippen molar-refractivity contribution in [3.05, 3.63) is 74.4 Å². The lowest BCUT2D eigenvalue weighted by atomic mass is 10.2. The highest BCUT2D eigenvalue weighted by Gasteiger charge is 2.13. The molecule has 0 atom stereocenters. The molecule has 2 heterocycles. The Balaban J connectivity index is 1.39. The van der Waals surface area contributed by atoms with Crippen LogP contribution in [0.3, 0.4) is 0 Å². The van der Waals surface area contributed by atoms with Gasteiger partial charge in [-0.2, -0.15) is 0 Å². The molecule has 0 saturated heterocycles. The van der Waals surface area contributed by atoms with Crippen LogP contribution in [0.25, 0.3) is 10.6 Å². The Kier molecular flexibility index (Phi) is 6.85. The summed E-state index contributed by atoms with van der Waals surface area (Å²) in [6.45, 7) is 0.234. The Morgan fingerprint density at radius 1 is 1.07 bits per heavy atom. The predicted octanol–water partition coefficient (Wildman–Crippen LogP) is 6.77. The molecule has 0 N–H and O–H groups in total. The first-order chi connectivity index (χ1) is 14.5. The summed E-state index contributed by atoms with van der Waals surface area (Å²) < 4.78 is 7.65. The number of halogens is 3. The van der Waals surface area contributed by atoms with Crippen molar-refractivity contribution in [3.8, 4) is 16.3 Å². The topological polar surface area (TPSA) is 52.8 Å². The highest BCUT2D eigenvalue weighted by molar-refractivity contribution is 7.98. The maximum absolute atomic E-state index is 6.27. The van der Waals surface area contributed by atoms with Crippen LogP contribution in [0.2, 0.25) is 15.1 Å². The molecule has 0 aliphatic heterocycles. The second-order valence-electron chi connectivity index (χ2n) is 6.23. The molecule has 5 nitrogen and oxygen atoms in total. The normalized spacial score (nSPS) is 11.1. The average Bonchev–Trinajstić information content (AvgIpc) is 3.34. The Labute approximate surface area is 197 Å². The van der Waals surface area contributed by atoms with Crippen molar-refractivity contribution < 1.29 is 4.74 Å². The van der Waals surface area contributed by atoms with E-state index in [0.717, 1.165) is 21.4 Å². The first-order valence-electron chi connectivity index (χ1n) is 8.79. The third-order valence-corrected chi connectivity index (χ3v) is 7.04. The first-order valence-corrected chi connectivity index (χ1v) is 11.8. The van der Waals surface area contributed by atoms with E-state index in [2.05, 4.69) is 10.2 Å². The van der Waals surface area contributed by atoms with E-state index in [4.69, 9.17) is 44.5 Å². The highest BCUT2D eigenvalue weighted by Crippen LogP contribution is 2.32. The summed E-state index contributed by atoms with van der Waals surface area (Å²) >= 11 is 21.5. The van der Waals surface area contributed by atoms with Crippen LogP contribution in [0, 0.1) is 0 Å². The lowest BCUT2D eigenvalue weighted by molar-refractivity contribution is 0.290. The van der Waals surface area contributed by atoms with Crippen LogP contribution in [0.1, 0.15) is 11.5 Å². The van der Waals surface area contributed by atoms with Crippen molar-refractivity contribution >= 4 is 57.9 Å². The third kappa shape index (κ3) is 4.92. The Bertz CT molecular complexity index is 1180. The lowest BCUT2D eigenvalue weighted by Crippen LogP contribution is -2.04. The van der Waals surface area contributed by atoms with E-state index in [0.29, 0.717) is 32.4 Å². The second-order valence-corrected chi connectivity index (χ2v) is 9.29. The van der Waals surface area contributed by atoms with Gasteiger partial charge in [0.15, 0.2) is 11.0 Å². The minimum Gasteiger partial charge on any atom is -0.484 e. The molecule has 0 radical (unpaired) electrons. The van der Waals surface area contributed by atoms with Gasteiger partial charge in [-0.1, -0.05) is 64.8 Å². The van der Waals surface area contributed by atoms with Gasteiger partial charge in [-0.05, 0) is 18.2 Å². The molecule has 0 spiro atoms. The zero-order valence-electron chi connectivity index (χ0n) is 15.7. The van der Waals surface area contributed by atoms with Crippen LogP contribution < -0.4 is 4.74 Å². The third-order valence-electron chi connectivity index (χ3n) is 4.18. The maximum atomic E-state index is 6.27. The van der Waals surface area contributed by atoms with E-state index in [1.165, 1.54) is 0 Å². The minimum atomic E-state index is 0.234. The molecule has 2 aromatic carbocycles. The number of aromatic nitrogens is 4. The van der Waals surface area contributed by atoms with Crippen LogP contribution in [-0.2, 0) is 19.4 Å². The van der Waals surface area contributed by atoms with Crippen molar-refractivity contribution in [2.75, 3.05) is 0 Å². The summed E-state index contributed by atoms with van der Waals surface area (Å²) in [6.07, 6.45) is 0. The van der Waals surface area contributed by atoms with Gasteiger partial charge in [0.05, 0.1) is 15.7 Å². The molecule has 4 rings (SSSR count). The first kappa shape index (κ1) is 21.5. The number of hydrogen-bond donors (Lipinski definition) is 0. The van der Waals surface area contributed by atoms with E-state index in [1.54, 1.807) is 41.3 Å². The van der Waals surface area contributed by atoms with Crippen LogP contribution in [0.5, 0.6) is 5.75 Å². The highest BCUT2D eigenvalue weighted by atomic mass is 35.5. The smallest absolute Gasteiger partial charge is 0.191 e. The molecule has 154 valence electrons.